The van der Waals surface area contributed by atoms with Crippen molar-refractivity contribution in [3.63, 3.8) is 0 Å². The number of amides is 1. The quantitative estimate of drug-likeness (QED) is 0.463. The number of ether oxygens (including phenoxy) is 2. The molecule has 1 aliphatic carbocycles. The van der Waals surface area contributed by atoms with Gasteiger partial charge in [0.15, 0.2) is 5.79 Å². The fourth-order valence-electron chi connectivity index (χ4n) is 5.58. The topological polar surface area (TPSA) is 79.8 Å². The van der Waals surface area contributed by atoms with Gasteiger partial charge in [0.05, 0.1) is 25.4 Å². The van der Waals surface area contributed by atoms with E-state index < -0.39 is 35.1 Å². The number of rotatable bonds is 9. The molecule has 202 valence electrons. The van der Waals surface area contributed by atoms with Gasteiger partial charge < -0.3 is 25.2 Å². The van der Waals surface area contributed by atoms with Gasteiger partial charge in [0, 0.05) is 37.9 Å². The largest absolute Gasteiger partial charge is 0.390 e. The summed E-state index contributed by atoms with van der Waals surface area (Å²) in [6.07, 6.45) is 2.05. The van der Waals surface area contributed by atoms with E-state index in [0.717, 1.165) is 37.3 Å². The summed E-state index contributed by atoms with van der Waals surface area (Å²) in [5.74, 6) is -1.88. The minimum atomic E-state index is -0.991. The van der Waals surface area contributed by atoms with Crippen molar-refractivity contribution in [1.82, 2.24) is 10.6 Å². The van der Waals surface area contributed by atoms with E-state index in [1.165, 1.54) is 24.6 Å². The molecule has 37 heavy (non-hydrogen) atoms. The molecule has 1 spiro atoms. The van der Waals surface area contributed by atoms with Crippen LogP contribution in [0.15, 0.2) is 42.5 Å². The van der Waals surface area contributed by atoms with Crippen LogP contribution in [-0.2, 0) is 26.2 Å². The maximum atomic E-state index is 13.8. The molecule has 0 aromatic heterocycles. The molecule has 2 aromatic rings. The molecule has 0 unspecified atom stereocenters. The van der Waals surface area contributed by atoms with Crippen molar-refractivity contribution in [3.05, 3.63) is 70.8 Å². The van der Waals surface area contributed by atoms with Gasteiger partial charge in [0.25, 0.3) is 0 Å². The fourth-order valence-corrected chi connectivity index (χ4v) is 5.58. The molecule has 0 bridgehead atoms. The lowest BCUT2D eigenvalue weighted by atomic mass is 9.73. The van der Waals surface area contributed by atoms with Crippen molar-refractivity contribution in [1.29, 1.82) is 0 Å². The summed E-state index contributed by atoms with van der Waals surface area (Å²) in [6, 6.07) is 11.0. The lowest BCUT2D eigenvalue weighted by Gasteiger charge is -2.45. The van der Waals surface area contributed by atoms with Crippen LogP contribution in [0.3, 0.4) is 0 Å². The fraction of sp³-hybridized carbons (Fsp3) is 0.552. The van der Waals surface area contributed by atoms with Gasteiger partial charge in [-0.15, -0.1) is 0 Å². The molecule has 1 saturated carbocycles. The van der Waals surface area contributed by atoms with Crippen molar-refractivity contribution in [2.75, 3.05) is 19.8 Å². The Morgan fingerprint density at radius 2 is 1.68 bits per heavy atom. The molecule has 3 N–H and O–H groups in total. The van der Waals surface area contributed by atoms with Crippen LogP contribution in [0, 0.1) is 11.6 Å². The Morgan fingerprint density at radius 1 is 1.03 bits per heavy atom. The zero-order valence-electron chi connectivity index (χ0n) is 21.9. The summed E-state index contributed by atoms with van der Waals surface area (Å²) in [6.45, 7) is 7.06. The highest BCUT2D eigenvalue weighted by Crippen LogP contribution is 2.45. The van der Waals surface area contributed by atoms with E-state index in [1.807, 2.05) is 0 Å². The number of aliphatic hydroxyl groups excluding tert-OH is 1. The number of benzene rings is 2. The summed E-state index contributed by atoms with van der Waals surface area (Å²) in [7, 11) is 0. The van der Waals surface area contributed by atoms with Crippen LogP contribution in [0.2, 0.25) is 0 Å². The van der Waals surface area contributed by atoms with Crippen LogP contribution in [0.1, 0.15) is 69.1 Å². The average Bonchev–Trinajstić information content (AvgIpc) is 3.31. The van der Waals surface area contributed by atoms with Crippen LogP contribution in [-0.4, -0.2) is 48.7 Å². The van der Waals surface area contributed by atoms with Gasteiger partial charge in [0.1, 0.15) is 11.6 Å². The van der Waals surface area contributed by atoms with Gasteiger partial charge in [-0.3, -0.25) is 4.79 Å². The van der Waals surface area contributed by atoms with E-state index in [9.17, 15) is 18.7 Å². The number of halogens is 2. The van der Waals surface area contributed by atoms with E-state index in [-0.39, 0.29) is 18.9 Å². The van der Waals surface area contributed by atoms with E-state index in [2.05, 4.69) is 48.7 Å². The Balaban J connectivity index is 1.54. The number of hydrogen-bond donors (Lipinski definition) is 3. The van der Waals surface area contributed by atoms with Crippen molar-refractivity contribution >= 4 is 5.91 Å². The third-order valence-electron chi connectivity index (χ3n) is 7.67. The highest BCUT2D eigenvalue weighted by molar-refractivity contribution is 5.73. The van der Waals surface area contributed by atoms with Crippen molar-refractivity contribution < 1.29 is 28.2 Å². The number of hydrogen-bond acceptors (Lipinski definition) is 5. The monoisotopic (exact) mass is 516 g/mol. The molecule has 0 radical (unpaired) electrons. The van der Waals surface area contributed by atoms with Crippen LogP contribution in [0.4, 0.5) is 8.78 Å². The highest BCUT2D eigenvalue weighted by atomic mass is 19.1. The Bertz CT molecular complexity index is 1060. The van der Waals surface area contributed by atoms with E-state index in [4.69, 9.17) is 9.47 Å². The Labute approximate surface area is 217 Å². The van der Waals surface area contributed by atoms with Crippen LogP contribution in [0.5, 0.6) is 0 Å². The first kappa shape index (κ1) is 27.6. The summed E-state index contributed by atoms with van der Waals surface area (Å²) in [5, 5.41) is 17.6. The Morgan fingerprint density at radius 3 is 2.27 bits per heavy atom. The van der Waals surface area contributed by atoms with Gasteiger partial charge >= 0.3 is 0 Å². The molecular formula is C29H38F2N2O4. The maximum absolute atomic E-state index is 13.8. The van der Waals surface area contributed by atoms with E-state index >= 15 is 0 Å². The second-order valence-electron chi connectivity index (χ2n) is 10.7. The SMILES string of the molecule is CC(=O)N[C@@H](Cc1cc(F)cc(F)c1)[C@@H](O)CNC1(c2cccc(C(C)C)c2)CCC2(CC1)OCCO2. The molecule has 2 aromatic carbocycles. The molecule has 1 saturated heterocycles. The summed E-state index contributed by atoms with van der Waals surface area (Å²) in [5.41, 5.74) is 2.32. The molecule has 8 heteroatoms. The smallest absolute Gasteiger partial charge is 0.217 e. The lowest BCUT2D eigenvalue weighted by Crippen LogP contribution is -2.55. The lowest BCUT2D eigenvalue weighted by molar-refractivity contribution is -0.187. The predicted molar refractivity (Wildman–Crippen MR) is 137 cm³/mol. The second kappa shape index (κ2) is 11.6. The third kappa shape index (κ3) is 6.74. The Hall–Kier alpha value is -2.39. The van der Waals surface area contributed by atoms with Crippen LogP contribution in [0.25, 0.3) is 0 Å². The normalized spacial score (nSPS) is 20.2. The number of aliphatic hydroxyl groups is 1. The molecule has 4 rings (SSSR count). The molecule has 6 nitrogen and oxygen atoms in total. The van der Waals surface area contributed by atoms with E-state index in [1.54, 1.807) is 0 Å². The summed E-state index contributed by atoms with van der Waals surface area (Å²) < 4.78 is 39.4. The molecule has 1 aliphatic heterocycles. The summed E-state index contributed by atoms with van der Waals surface area (Å²) >= 11 is 0. The Kier molecular flexibility index (Phi) is 8.63. The molecule has 2 fully saturated rings. The molecule has 2 aliphatic rings. The third-order valence-corrected chi connectivity index (χ3v) is 7.67. The molecular weight excluding hydrogens is 478 g/mol. The zero-order valence-corrected chi connectivity index (χ0v) is 21.9. The maximum Gasteiger partial charge on any atom is 0.217 e. The van der Waals surface area contributed by atoms with Gasteiger partial charge in [-0.05, 0) is 54.0 Å². The first-order valence-electron chi connectivity index (χ1n) is 13.1. The minimum Gasteiger partial charge on any atom is -0.390 e. The highest BCUT2D eigenvalue weighted by Gasteiger charge is 2.47. The number of carbonyl (C=O) groups is 1. The standard InChI is InChI=1S/C29H38F2N2O4/c1-19(2)22-5-4-6-23(16-22)28(7-9-29(10-8-28)36-11-12-37-29)32-18-27(35)26(33-20(3)34)15-21-13-24(30)17-25(31)14-21/h4-6,13-14,16-17,19,26-27,32,35H,7-12,15,18H2,1-3H3,(H,33,34)/t26-,27-/m0/s1. The average molecular weight is 517 g/mol. The van der Waals surface area contributed by atoms with Crippen LogP contribution >= 0.6 is 0 Å². The first-order chi connectivity index (χ1) is 17.6. The van der Waals surface area contributed by atoms with Gasteiger partial charge in [-0.1, -0.05) is 38.1 Å². The number of nitrogens with one attached hydrogen (secondary N) is 2. The van der Waals surface area contributed by atoms with Gasteiger partial charge in [-0.2, -0.15) is 0 Å². The first-order valence-corrected chi connectivity index (χ1v) is 13.1. The van der Waals surface area contributed by atoms with Gasteiger partial charge in [-0.25, -0.2) is 8.78 Å². The minimum absolute atomic E-state index is 0.0950. The summed E-state index contributed by atoms with van der Waals surface area (Å²) in [4.78, 5) is 11.9. The van der Waals surface area contributed by atoms with E-state index in [0.29, 0.717) is 24.7 Å². The van der Waals surface area contributed by atoms with Gasteiger partial charge in [0.2, 0.25) is 5.91 Å². The van der Waals surface area contributed by atoms with Crippen LogP contribution < -0.4 is 10.6 Å². The molecule has 2 atom stereocenters. The van der Waals surface area contributed by atoms with Crippen molar-refractivity contribution in [2.24, 2.45) is 0 Å². The van der Waals surface area contributed by atoms with Crippen molar-refractivity contribution in [3.8, 4) is 0 Å². The predicted octanol–water partition coefficient (Wildman–Crippen LogP) is 4.30. The zero-order chi connectivity index (χ0) is 26.6. The molecule has 1 heterocycles. The number of carbonyl (C=O) groups excluding carboxylic acids is 1. The second-order valence-corrected chi connectivity index (χ2v) is 10.7. The molecule has 1 amide bonds. The van der Waals surface area contributed by atoms with Crippen molar-refractivity contribution in [2.45, 2.75) is 82.3 Å².